The van der Waals surface area contributed by atoms with Gasteiger partial charge in [-0.05, 0) is 49.4 Å². The summed E-state index contributed by atoms with van der Waals surface area (Å²) < 4.78 is 0. The average molecular weight is 483 g/mol. The fourth-order valence-electron chi connectivity index (χ4n) is 5.69. The Kier molecular flexibility index (Phi) is 5.31. The van der Waals surface area contributed by atoms with Crippen LogP contribution in [-0.2, 0) is 21.4 Å². The minimum Gasteiger partial charge on any atom is -0.508 e. The van der Waals surface area contributed by atoms with E-state index in [-0.39, 0.29) is 23.1 Å². The summed E-state index contributed by atoms with van der Waals surface area (Å²) in [4.78, 5) is 40.5. The lowest BCUT2D eigenvalue weighted by molar-refractivity contribution is -0.132. The predicted molar refractivity (Wildman–Crippen MR) is 129 cm³/mol. The number of hydrogen-bond acceptors (Lipinski definition) is 8. The Morgan fingerprint density at radius 2 is 1.71 bits per heavy atom. The number of carbonyl (C=O) groups excluding carboxylic acids is 3. The molecule has 186 valence electrons. The number of ketones is 2. The van der Waals surface area contributed by atoms with Gasteiger partial charge in [0.25, 0.3) is 5.91 Å². The first-order chi connectivity index (χ1) is 16.1. The molecule has 0 radical (unpaired) electrons. The normalized spacial score (nSPS) is 24.7. The maximum atomic E-state index is 13.9. The fourth-order valence-corrected chi connectivity index (χ4v) is 5.69. The number of aliphatic hydroxyl groups excluding tert-OH is 1. The molecule has 2 aromatic carbocycles. The van der Waals surface area contributed by atoms with Gasteiger partial charge < -0.3 is 26.2 Å². The molecule has 0 aromatic heterocycles. The van der Waals surface area contributed by atoms with Crippen LogP contribution in [0.3, 0.4) is 0 Å². The number of nitrogens with two attached hydrogens (primary N) is 1. The van der Waals surface area contributed by atoms with E-state index in [4.69, 9.17) is 5.73 Å². The lowest BCUT2D eigenvalue weighted by atomic mass is 9.61. The van der Waals surface area contributed by atoms with Gasteiger partial charge in [-0.25, -0.2) is 0 Å². The van der Waals surface area contributed by atoms with Crippen molar-refractivity contribution < 1.29 is 34.8 Å². The molecule has 0 unspecified atom stereocenters. The van der Waals surface area contributed by atoms with Gasteiger partial charge in [-0.3, -0.25) is 19.3 Å². The SMILES string of the molecule is Cc1c2c(c(O)c3c(O)c(C(C)(C)C)ccc13)C(=O)[C@]1(O)C(O)=C(C(N)=O)C(=O)[C@@H](N(C)C)[C@@H]1C2. The van der Waals surface area contributed by atoms with Gasteiger partial charge in [0.2, 0.25) is 5.78 Å². The lowest BCUT2D eigenvalue weighted by Crippen LogP contribution is -2.64. The highest BCUT2D eigenvalue weighted by Gasteiger charge is 2.62. The number of fused-ring (bicyclic) bond motifs is 3. The van der Waals surface area contributed by atoms with Crippen LogP contribution >= 0.6 is 0 Å². The first kappa shape index (κ1) is 24.7. The number of Topliss-reactive ketones (excluding diaryl/α,β-unsaturated/α-hetero) is 2. The summed E-state index contributed by atoms with van der Waals surface area (Å²) in [5, 5.41) is 45.5. The molecule has 3 atom stereocenters. The molecule has 0 heterocycles. The van der Waals surface area contributed by atoms with Crippen molar-refractivity contribution >= 4 is 28.2 Å². The van der Waals surface area contributed by atoms with E-state index < -0.39 is 57.5 Å². The summed E-state index contributed by atoms with van der Waals surface area (Å²) in [6.45, 7) is 7.41. The minimum atomic E-state index is -2.67. The van der Waals surface area contributed by atoms with Crippen molar-refractivity contribution in [2.75, 3.05) is 14.1 Å². The van der Waals surface area contributed by atoms with E-state index in [2.05, 4.69) is 0 Å². The van der Waals surface area contributed by atoms with E-state index in [0.29, 0.717) is 22.1 Å². The molecule has 9 nitrogen and oxygen atoms in total. The fraction of sp³-hybridized carbons (Fsp3) is 0.423. The summed E-state index contributed by atoms with van der Waals surface area (Å²) in [5.74, 6) is -6.11. The predicted octanol–water partition coefficient (Wildman–Crippen LogP) is 1.75. The zero-order valence-corrected chi connectivity index (χ0v) is 20.6. The van der Waals surface area contributed by atoms with Crippen molar-refractivity contribution in [1.29, 1.82) is 0 Å². The highest BCUT2D eigenvalue weighted by Crippen LogP contribution is 2.51. The summed E-state index contributed by atoms with van der Waals surface area (Å²) in [6, 6.07) is 2.39. The number of benzene rings is 2. The van der Waals surface area contributed by atoms with E-state index in [1.807, 2.05) is 20.8 Å². The molecule has 0 saturated carbocycles. The number of aliphatic hydroxyl groups is 2. The molecule has 1 amide bonds. The van der Waals surface area contributed by atoms with Crippen LogP contribution in [0.5, 0.6) is 11.5 Å². The van der Waals surface area contributed by atoms with Crippen molar-refractivity contribution in [1.82, 2.24) is 4.90 Å². The standard InChI is InChI=1S/C26H30N2O7/c1-10-11-7-8-13(25(2,3)4)19(29)15(11)20(30)16-12(10)9-14-18(28(5)6)21(31)17(24(27)34)23(33)26(14,35)22(16)32/h7-8,14,18,29-30,33,35H,9H2,1-6H3,(H2,27,34)/t14-,18-,26-/m0/s1. The zero-order valence-electron chi connectivity index (χ0n) is 20.6. The van der Waals surface area contributed by atoms with Gasteiger partial charge in [0.05, 0.1) is 17.0 Å². The van der Waals surface area contributed by atoms with Gasteiger partial charge >= 0.3 is 0 Å². The Morgan fingerprint density at radius 3 is 2.23 bits per heavy atom. The molecule has 0 bridgehead atoms. The molecule has 0 spiro atoms. The van der Waals surface area contributed by atoms with Crippen LogP contribution in [0.2, 0.25) is 0 Å². The number of nitrogens with zero attached hydrogens (tertiary/aromatic N) is 1. The molecule has 0 aliphatic heterocycles. The monoisotopic (exact) mass is 482 g/mol. The van der Waals surface area contributed by atoms with Crippen LogP contribution in [0.1, 0.15) is 47.8 Å². The average Bonchev–Trinajstić information content (AvgIpc) is 2.72. The summed E-state index contributed by atoms with van der Waals surface area (Å²) in [7, 11) is 3.11. The van der Waals surface area contributed by atoms with Crippen molar-refractivity contribution in [3.05, 3.63) is 45.7 Å². The number of aromatic hydroxyl groups is 2. The summed E-state index contributed by atoms with van der Waals surface area (Å²) in [6.07, 6.45) is -0.0562. The van der Waals surface area contributed by atoms with Crippen molar-refractivity contribution in [2.24, 2.45) is 11.7 Å². The third-order valence-corrected chi connectivity index (χ3v) is 7.45. The maximum absolute atomic E-state index is 13.9. The molecule has 2 aliphatic rings. The first-order valence-corrected chi connectivity index (χ1v) is 11.3. The number of primary amides is 1. The number of phenolic OH excluding ortho intramolecular Hbond substituents is 2. The van der Waals surface area contributed by atoms with E-state index in [9.17, 15) is 34.8 Å². The maximum Gasteiger partial charge on any atom is 0.255 e. The molecule has 35 heavy (non-hydrogen) atoms. The van der Waals surface area contributed by atoms with Crippen molar-refractivity contribution in [3.63, 3.8) is 0 Å². The molecule has 6 N–H and O–H groups in total. The molecule has 0 fully saturated rings. The van der Waals surface area contributed by atoms with Crippen LogP contribution in [0.4, 0.5) is 0 Å². The largest absolute Gasteiger partial charge is 0.508 e. The molecule has 0 saturated heterocycles. The number of likely N-dealkylation sites (N-methyl/N-ethyl adjacent to an activating group) is 1. The topological polar surface area (TPSA) is 161 Å². The zero-order chi connectivity index (χ0) is 26.4. The summed E-state index contributed by atoms with van der Waals surface area (Å²) in [5.41, 5.74) is 2.63. The molecular weight excluding hydrogens is 452 g/mol. The van der Waals surface area contributed by atoms with Gasteiger partial charge in [-0.15, -0.1) is 0 Å². The van der Waals surface area contributed by atoms with Gasteiger partial charge in [-0.1, -0.05) is 32.9 Å². The van der Waals surface area contributed by atoms with Gasteiger partial charge in [0, 0.05) is 11.5 Å². The number of carbonyl (C=O) groups is 3. The second kappa shape index (κ2) is 7.53. The Hall–Kier alpha value is -3.43. The third-order valence-electron chi connectivity index (χ3n) is 7.45. The minimum absolute atomic E-state index is 0.0544. The van der Waals surface area contributed by atoms with Crippen molar-refractivity contribution in [2.45, 2.75) is 51.2 Å². The Balaban J connectivity index is 2.11. The quantitative estimate of drug-likeness (QED) is 0.405. The number of aryl methyl sites for hydroxylation is 1. The molecular formula is C26H30N2O7. The summed E-state index contributed by atoms with van der Waals surface area (Å²) >= 11 is 0. The Labute approximate surface area is 202 Å². The van der Waals surface area contributed by atoms with Crippen LogP contribution in [-0.4, -0.2) is 68.5 Å². The van der Waals surface area contributed by atoms with Crippen LogP contribution in [0.15, 0.2) is 23.5 Å². The number of hydrogen-bond donors (Lipinski definition) is 5. The highest BCUT2D eigenvalue weighted by molar-refractivity contribution is 6.25. The van der Waals surface area contributed by atoms with E-state index in [1.165, 1.54) is 4.90 Å². The Morgan fingerprint density at radius 1 is 1.11 bits per heavy atom. The lowest BCUT2D eigenvalue weighted by Gasteiger charge is -2.47. The van der Waals surface area contributed by atoms with Crippen LogP contribution in [0, 0.1) is 12.8 Å². The second-order valence-corrected chi connectivity index (χ2v) is 10.7. The van der Waals surface area contributed by atoms with E-state index >= 15 is 0 Å². The molecule has 2 aromatic rings. The smallest absolute Gasteiger partial charge is 0.255 e. The van der Waals surface area contributed by atoms with E-state index in [1.54, 1.807) is 33.2 Å². The van der Waals surface area contributed by atoms with Crippen LogP contribution < -0.4 is 5.73 Å². The second-order valence-electron chi connectivity index (χ2n) is 10.7. The third kappa shape index (κ3) is 3.11. The Bertz CT molecular complexity index is 1370. The highest BCUT2D eigenvalue weighted by atomic mass is 16.3. The van der Waals surface area contributed by atoms with Gasteiger partial charge in [-0.2, -0.15) is 0 Å². The number of phenols is 2. The van der Waals surface area contributed by atoms with Crippen molar-refractivity contribution in [3.8, 4) is 11.5 Å². The number of amides is 1. The van der Waals surface area contributed by atoms with Crippen LogP contribution in [0.25, 0.3) is 10.8 Å². The number of rotatable bonds is 2. The van der Waals surface area contributed by atoms with Gasteiger partial charge in [0.15, 0.2) is 11.4 Å². The molecule has 9 heteroatoms. The molecule has 4 rings (SSSR count). The van der Waals surface area contributed by atoms with Gasteiger partial charge in [0.1, 0.15) is 22.8 Å². The molecule has 2 aliphatic carbocycles. The van der Waals surface area contributed by atoms with E-state index in [0.717, 1.165) is 0 Å². The first-order valence-electron chi connectivity index (χ1n) is 11.3.